The summed E-state index contributed by atoms with van der Waals surface area (Å²) in [5.74, 6) is -0.310. The lowest BCUT2D eigenvalue weighted by atomic mass is 9.84. The average Bonchev–Trinajstić information content (AvgIpc) is 3.23. The second-order valence-electron chi connectivity index (χ2n) is 7.29. The van der Waals surface area contributed by atoms with Gasteiger partial charge in [-0.05, 0) is 44.2 Å². The van der Waals surface area contributed by atoms with E-state index in [-0.39, 0.29) is 36.9 Å². The topological polar surface area (TPSA) is 68.2 Å². The summed E-state index contributed by atoms with van der Waals surface area (Å²) in [4.78, 5) is 14.7. The largest absolute Gasteiger partial charge is 0.469 e. The molecule has 0 aliphatic carbocycles. The minimum Gasteiger partial charge on any atom is -0.469 e. The number of ether oxygens (including phenoxy) is 3. The third-order valence-corrected chi connectivity index (χ3v) is 5.71. The molecule has 1 N–H and O–H groups in total. The number of methoxy groups -OCH3 is 1. The molecule has 3 atom stereocenters. The molecule has 2 saturated heterocycles. The van der Waals surface area contributed by atoms with Crippen LogP contribution >= 0.6 is 0 Å². The van der Waals surface area contributed by atoms with E-state index in [1.807, 2.05) is 30.3 Å². The first-order valence-corrected chi connectivity index (χ1v) is 9.97. The molecule has 0 saturated carbocycles. The van der Waals surface area contributed by atoms with Gasteiger partial charge in [0.1, 0.15) is 0 Å². The predicted molar refractivity (Wildman–Crippen MR) is 101 cm³/mol. The van der Waals surface area contributed by atoms with Crippen molar-refractivity contribution in [3.63, 3.8) is 0 Å². The summed E-state index contributed by atoms with van der Waals surface area (Å²) in [7, 11) is 1.46. The normalized spacial score (nSPS) is 25.4. The molecular formula is C21H31NO5. The van der Waals surface area contributed by atoms with Crippen LogP contribution in [0.2, 0.25) is 0 Å². The number of esters is 1. The highest BCUT2D eigenvalue weighted by Crippen LogP contribution is 2.35. The van der Waals surface area contributed by atoms with Crippen LogP contribution in [0.15, 0.2) is 30.3 Å². The van der Waals surface area contributed by atoms with Gasteiger partial charge in [-0.15, -0.1) is 0 Å². The molecule has 2 fully saturated rings. The first kappa shape index (κ1) is 20.3. The summed E-state index contributed by atoms with van der Waals surface area (Å²) in [6.07, 6.45) is 4.22. The molecule has 1 aromatic rings. The first-order valence-electron chi connectivity index (χ1n) is 9.97. The summed E-state index contributed by atoms with van der Waals surface area (Å²) in [6, 6.07) is 9.98. The van der Waals surface area contributed by atoms with Crippen LogP contribution in [0.3, 0.4) is 0 Å². The Labute approximate surface area is 161 Å². The first-order chi connectivity index (χ1) is 13.2. The quantitative estimate of drug-likeness (QED) is 0.702. The number of hydrogen-bond donors (Lipinski definition) is 1. The number of hydrogen-bond acceptors (Lipinski definition) is 6. The van der Waals surface area contributed by atoms with Crippen molar-refractivity contribution in [3.8, 4) is 0 Å². The molecule has 0 amide bonds. The summed E-state index contributed by atoms with van der Waals surface area (Å²) in [6.45, 7) is 2.22. The number of benzene rings is 1. The van der Waals surface area contributed by atoms with Gasteiger partial charge in [-0.1, -0.05) is 30.3 Å². The molecule has 6 nitrogen and oxygen atoms in total. The van der Waals surface area contributed by atoms with E-state index < -0.39 is 0 Å². The van der Waals surface area contributed by atoms with Gasteiger partial charge in [0.25, 0.3) is 0 Å². The van der Waals surface area contributed by atoms with Crippen LogP contribution < -0.4 is 0 Å². The lowest BCUT2D eigenvalue weighted by Gasteiger charge is -2.44. The van der Waals surface area contributed by atoms with E-state index in [0.29, 0.717) is 13.2 Å². The zero-order valence-corrected chi connectivity index (χ0v) is 16.1. The Kier molecular flexibility index (Phi) is 7.64. The van der Waals surface area contributed by atoms with Crippen molar-refractivity contribution in [2.24, 2.45) is 5.92 Å². The maximum absolute atomic E-state index is 12.4. The molecular weight excluding hydrogens is 346 g/mol. The van der Waals surface area contributed by atoms with Crippen LogP contribution in [-0.4, -0.2) is 61.8 Å². The molecule has 2 aliphatic heterocycles. The fourth-order valence-corrected chi connectivity index (χ4v) is 4.41. The number of carbonyl (C=O) groups is 1. The number of aliphatic hydroxyl groups is 1. The van der Waals surface area contributed by atoms with Crippen LogP contribution in [0.1, 0.15) is 43.7 Å². The van der Waals surface area contributed by atoms with Gasteiger partial charge in [0, 0.05) is 6.04 Å². The number of piperidine rings is 1. The molecule has 27 heavy (non-hydrogen) atoms. The minimum atomic E-state index is -0.160. The summed E-state index contributed by atoms with van der Waals surface area (Å²) < 4.78 is 16.2. The van der Waals surface area contributed by atoms with Crippen molar-refractivity contribution >= 4 is 5.97 Å². The van der Waals surface area contributed by atoms with E-state index in [9.17, 15) is 9.90 Å². The highest BCUT2D eigenvalue weighted by Gasteiger charge is 2.39. The van der Waals surface area contributed by atoms with E-state index in [1.165, 1.54) is 7.11 Å². The molecule has 0 radical (unpaired) electrons. The molecule has 1 aromatic carbocycles. The van der Waals surface area contributed by atoms with Crippen molar-refractivity contribution in [3.05, 3.63) is 35.9 Å². The van der Waals surface area contributed by atoms with Crippen molar-refractivity contribution in [1.82, 2.24) is 4.90 Å². The van der Waals surface area contributed by atoms with Crippen molar-refractivity contribution < 1.29 is 24.1 Å². The van der Waals surface area contributed by atoms with E-state index in [1.54, 1.807) is 0 Å². The Morgan fingerprint density at radius 2 is 2.00 bits per heavy atom. The summed E-state index contributed by atoms with van der Waals surface area (Å²) >= 11 is 0. The Hall–Kier alpha value is -1.47. The van der Waals surface area contributed by atoms with Crippen molar-refractivity contribution in [1.29, 1.82) is 0 Å². The maximum atomic E-state index is 12.4. The fraction of sp³-hybridized carbons (Fsp3) is 0.667. The zero-order valence-electron chi connectivity index (χ0n) is 16.1. The fourth-order valence-electron chi connectivity index (χ4n) is 4.41. The molecule has 3 rings (SSSR count). The molecule has 0 spiro atoms. The Morgan fingerprint density at radius 3 is 2.67 bits per heavy atom. The van der Waals surface area contributed by atoms with Crippen LogP contribution in [0.4, 0.5) is 0 Å². The van der Waals surface area contributed by atoms with Gasteiger partial charge in [-0.2, -0.15) is 0 Å². The minimum absolute atomic E-state index is 0.0310. The van der Waals surface area contributed by atoms with E-state index in [4.69, 9.17) is 14.2 Å². The number of rotatable bonds is 8. The van der Waals surface area contributed by atoms with Crippen LogP contribution in [0.5, 0.6) is 0 Å². The third kappa shape index (κ3) is 5.08. The van der Waals surface area contributed by atoms with Gasteiger partial charge in [0.05, 0.1) is 38.9 Å². The molecule has 2 aliphatic rings. The molecule has 0 aromatic heterocycles. The van der Waals surface area contributed by atoms with Gasteiger partial charge in [-0.3, -0.25) is 9.69 Å². The van der Waals surface area contributed by atoms with Crippen LogP contribution in [-0.2, 0) is 19.0 Å². The lowest BCUT2D eigenvalue weighted by molar-refractivity contribution is -0.151. The smallest absolute Gasteiger partial charge is 0.310 e. The molecule has 0 bridgehead atoms. The van der Waals surface area contributed by atoms with Crippen LogP contribution in [0, 0.1) is 5.92 Å². The Balaban J connectivity index is 1.74. The highest BCUT2D eigenvalue weighted by atomic mass is 16.7. The Bertz CT molecular complexity index is 575. The molecule has 0 unspecified atom stereocenters. The molecule has 6 heteroatoms. The summed E-state index contributed by atoms with van der Waals surface area (Å²) in [5.41, 5.74) is 1.08. The third-order valence-electron chi connectivity index (χ3n) is 5.71. The number of likely N-dealkylation sites (tertiary alicyclic amines) is 1. The number of aliphatic hydroxyl groups excluding tert-OH is 1. The summed E-state index contributed by atoms with van der Waals surface area (Å²) in [5, 5.41) is 10.1. The van der Waals surface area contributed by atoms with Gasteiger partial charge >= 0.3 is 5.97 Å². The molecule has 2 heterocycles. The van der Waals surface area contributed by atoms with E-state index >= 15 is 0 Å². The lowest BCUT2D eigenvalue weighted by Crippen LogP contribution is -2.50. The van der Waals surface area contributed by atoms with Crippen LogP contribution in [0.25, 0.3) is 0 Å². The maximum Gasteiger partial charge on any atom is 0.310 e. The second-order valence-corrected chi connectivity index (χ2v) is 7.29. The van der Waals surface area contributed by atoms with Crippen molar-refractivity contribution in [2.75, 3.05) is 33.5 Å². The second kappa shape index (κ2) is 10.2. The van der Waals surface area contributed by atoms with Gasteiger partial charge in [0.15, 0.2) is 6.29 Å². The van der Waals surface area contributed by atoms with Gasteiger partial charge in [-0.25, -0.2) is 0 Å². The standard InChI is InChI=1S/C21H31NO5/c1-25-21(24)17-9-6-12-22(19(15-23)16-7-3-2-4-8-16)18(17)10-5-11-20-26-13-14-27-20/h2-4,7-8,17-20,23H,5-6,9-15H2,1H3/t17-,18-,19+/m1/s1. The predicted octanol–water partition coefficient (Wildman–Crippen LogP) is 2.52. The highest BCUT2D eigenvalue weighted by molar-refractivity contribution is 5.73. The molecule has 150 valence electrons. The Morgan fingerprint density at radius 1 is 1.26 bits per heavy atom. The monoisotopic (exact) mass is 377 g/mol. The van der Waals surface area contributed by atoms with Gasteiger partial charge < -0.3 is 19.3 Å². The average molecular weight is 377 g/mol. The van der Waals surface area contributed by atoms with E-state index in [0.717, 1.165) is 44.2 Å². The SMILES string of the molecule is COC(=O)[C@@H]1CCCN([C@@H](CO)c2ccccc2)[C@@H]1CCCC1OCCO1. The number of carbonyl (C=O) groups excluding carboxylic acids is 1. The van der Waals surface area contributed by atoms with E-state index in [2.05, 4.69) is 4.90 Å². The zero-order chi connectivity index (χ0) is 19.1. The van der Waals surface area contributed by atoms with Gasteiger partial charge in [0.2, 0.25) is 0 Å². The number of nitrogens with zero attached hydrogens (tertiary/aromatic N) is 1. The van der Waals surface area contributed by atoms with Crippen molar-refractivity contribution in [2.45, 2.75) is 50.5 Å².